The number of carbonyl (C=O) groups excluding carboxylic acids is 1. The Bertz CT molecular complexity index is 701. The Morgan fingerprint density at radius 1 is 0.913 bits per heavy atom. The first-order valence-corrected chi connectivity index (χ1v) is 8.22. The molecule has 2 aromatic carbocycles. The summed E-state index contributed by atoms with van der Waals surface area (Å²) in [5.41, 5.74) is 2.57. The van der Waals surface area contributed by atoms with Gasteiger partial charge in [0.25, 0.3) is 0 Å². The van der Waals surface area contributed by atoms with Crippen molar-refractivity contribution in [2.45, 2.75) is 38.0 Å². The number of carbonyl (C=O) groups is 1. The minimum absolute atomic E-state index is 0.136. The number of hydrogen-bond acceptors (Lipinski definition) is 3. The standard InChI is InChI=1S/C20H21NO2/c22-20(16-11-5-2-6-12-16)19(21-23)18-14-8-7-13-17(18)15-9-3-1-4-10-15/h2,5-8,11-15,23H,1,3-4,9-10H2. The summed E-state index contributed by atoms with van der Waals surface area (Å²) in [5.74, 6) is 0.205. The van der Waals surface area contributed by atoms with Crippen LogP contribution in [0.1, 0.15) is 59.5 Å². The second-order valence-electron chi connectivity index (χ2n) is 6.07. The molecule has 0 bridgehead atoms. The van der Waals surface area contributed by atoms with Gasteiger partial charge in [-0.25, -0.2) is 0 Å². The van der Waals surface area contributed by atoms with Crippen LogP contribution in [-0.4, -0.2) is 16.7 Å². The van der Waals surface area contributed by atoms with Crippen LogP contribution in [-0.2, 0) is 0 Å². The van der Waals surface area contributed by atoms with E-state index in [2.05, 4.69) is 11.2 Å². The number of hydrogen-bond donors (Lipinski definition) is 1. The molecule has 0 radical (unpaired) electrons. The Hall–Kier alpha value is -2.42. The van der Waals surface area contributed by atoms with Gasteiger partial charge in [-0.05, 0) is 24.3 Å². The number of benzene rings is 2. The van der Waals surface area contributed by atoms with Gasteiger partial charge in [0.15, 0.2) is 5.71 Å². The molecule has 1 saturated carbocycles. The number of oxime groups is 1. The first-order chi connectivity index (χ1) is 11.3. The van der Waals surface area contributed by atoms with Crippen molar-refractivity contribution < 1.29 is 10.0 Å². The molecule has 1 fully saturated rings. The molecule has 118 valence electrons. The zero-order valence-corrected chi connectivity index (χ0v) is 13.1. The highest BCUT2D eigenvalue weighted by Gasteiger charge is 2.24. The minimum atomic E-state index is -0.239. The van der Waals surface area contributed by atoms with Gasteiger partial charge >= 0.3 is 0 Å². The van der Waals surface area contributed by atoms with Crippen LogP contribution in [0.3, 0.4) is 0 Å². The fourth-order valence-corrected chi connectivity index (χ4v) is 3.43. The van der Waals surface area contributed by atoms with Crippen molar-refractivity contribution in [1.29, 1.82) is 0 Å². The fraction of sp³-hybridized carbons (Fsp3) is 0.300. The molecule has 0 amide bonds. The third kappa shape index (κ3) is 3.34. The van der Waals surface area contributed by atoms with Gasteiger partial charge in [-0.2, -0.15) is 0 Å². The lowest BCUT2D eigenvalue weighted by atomic mass is 9.80. The molecular formula is C20H21NO2. The van der Waals surface area contributed by atoms with Crippen LogP contribution in [0.15, 0.2) is 59.8 Å². The topological polar surface area (TPSA) is 49.7 Å². The predicted octanol–water partition coefficient (Wildman–Crippen LogP) is 4.80. The zero-order valence-electron chi connectivity index (χ0n) is 13.1. The van der Waals surface area contributed by atoms with Crippen LogP contribution in [0, 0.1) is 0 Å². The largest absolute Gasteiger partial charge is 0.410 e. The van der Waals surface area contributed by atoms with Crippen molar-refractivity contribution in [1.82, 2.24) is 0 Å². The number of ketones is 1. The maximum Gasteiger partial charge on any atom is 0.215 e. The number of nitrogens with zero attached hydrogens (tertiary/aromatic N) is 1. The maximum atomic E-state index is 12.7. The van der Waals surface area contributed by atoms with Gasteiger partial charge in [0.05, 0.1) is 0 Å². The molecule has 0 aromatic heterocycles. The van der Waals surface area contributed by atoms with Crippen LogP contribution in [0.25, 0.3) is 0 Å². The van der Waals surface area contributed by atoms with Gasteiger partial charge in [-0.1, -0.05) is 79.0 Å². The van der Waals surface area contributed by atoms with E-state index in [9.17, 15) is 10.0 Å². The Kier molecular flexibility index (Phi) is 4.86. The normalized spacial score (nSPS) is 16.3. The highest BCUT2D eigenvalue weighted by molar-refractivity contribution is 6.51. The average molecular weight is 307 g/mol. The van der Waals surface area contributed by atoms with Crippen molar-refractivity contribution in [3.05, 3.63) is 71.3 Å². The van der Waals surface area contributed by atoms with Gasteiger partial charge < -0.3 is 5.21 Å². The molecule has 23 heavy (non-hydrogen) atoms. The predicted molar refractivity (Wildman–Crippen MR) is 91.4 cm³/mol. The van der Waals surface area contributed by atoms with Crippen molar-refractivity contribution in [2.75, 3.05) is 0 Å². The number of rotatable bonds is 4. The van der Waals surface area contributed by atoms with E-state index in [1.54, 1.807) is 12.1 Å². The summed E-state index contributed by atoms with van der Waals surface area (Å²) in [6.07, 6.45) is 5.99. The summed E-state index contributed by atoms with van der Waals surface area (Å²) in [4.78, 5) is 12.7. The van der Waals surface area contributed by atoms with Crippen molar-refractivity contribution in [2.24, 2.45) is 5.16 Å². The van der Waals surface area contributed by atoms with Gasteiger partial charge in [0.2, 0.25) is 5.78 Å². The molecule has 0 spiro atoms. The van der Waals surface area contributed by atoms with E-state index in [1.165, 1.54) is 19.3 Å². The zero-order chi connectivity index (χ0) is 16.1. The van der Waals surface area contributed by atoms with E-state index >= 15 is 0 Å². The molecule has 0 unspecified atom stereocenters. The molecule has 0 saturated heterocycles. The smallest absolute Gasteiger partial charge is 0.215 e. The Morgan fingerprint density at radius 2 is 1.57 bits per heavy atom. The summed E-state index contributed by atoms with van der Waals surface area (Å²) < 4.78 is 0. The van der Waals surface area contributed by atoms with Crippen molar-refractivity contribution in [3.63, 3.8) is 0 Å². The Balaban J connectivity index is 1.97. The van der Waals surface area contributed by atoms with Gasteiger partial charge in [-0.3, -0.25) is 4.79 Å². The highest BCUT2D eigenvalue weighted by Crippen LogP contribution is 2.34. The molecule has 3 rings (SSSR count). The summed E-state index contributed by atoms with van der Waals surface area (Å²) in [7, 11) is 0. The molecule has 3 heteroatoms. The molecule has 0 aliphatic heterocycles. The fourth-order valence-electron chi connectivity index (χ4n) is 3.43. The monoisotopic (exact) mass is 307 g/mol. The molecule has 2 aromatic rings. The van der Waals surface area contributed by atoms with Gasteiger partial charge in [-0.15, -0.1) is 0 Å². The molecule has 1 aliphatic carbocycles. The minimum Gasteiger partial charge on any atom is -0.410 e. The molecular weight excluding hydrogens is 286 g/mol. The first-order valence-electron chi connectivity index (χ1n) is 8.22. The molecule has 1 aliphatic rings. The molecule has 1 N–H and O–H groups in total. The van der Waals surface area contributed by atoms with Crippen LogP contribution in [0.2, 0.25) is 0 Å². The average Bonchev–Trinajstić information content (AvgIpc) is 2.64. The van der Waals surface area contributed by atoms with E-state index in [-0.39, 0.29) is 11.5 Å². The van der Waals surface area contributed by atoms with E-state index in [0.717, 1.165) is 24.0 Å². The van der Waals surface area contributed by atoms with E-state index in [4.69, 9.17) is 0 Å². The first kappa shape index (κ1) is 15.5. The molecule has 0 atom stereocenters. The second-order valence-corrected chi connectivity index (χ2v) is 6.07. The quantitative estimate of drug-likeness (QED) is 0.382. The number of Topliss-reactive ketones (excluding diaryl/α,β-unsaturated/α-hetero) is 1. The van der Waals surface area contributed by atoms with Crippen LogP contribution >= 0.6 is 0 Å². The third-order valence-electron chi connectivity index (χ3n) is 4.61. The van der Waals surface area contributed by atoms with Gasteiger partial charge in [0, 0.05) is 11.1 Å². The summed E-state index contributed by atoms with van der Waals surface area (Å²) in [5, 5.41) is 12.9. The Labute approximate surface area is 136 Å². The van der Waals surface area contributed by atoms with Crippen LogP contribution < -0.4 is 0 Å². The highest BCUT2D eigenvalue weighted by atomic mass is 16.4. The Morgan fingerprint density at radius 3 is 2.26 bits per heavy atom. The molecule has 3 nitrogen and oxygen atoms in total. The van der Waals surface area contributed by atoms with E-state index in [0.29, 0.717) is 11.5 Å². The SMILES string of the molecule is O=C(C(=NO)c1ccccc1C1CCCCC1)c1ccccc1. The molecule has 0 heterocycles. The van der Waals surface area contributed by atoms with Crippen LogP contribution in [0.5, 0.6) is 0 Å². The summed E-state index contributed by atoms with van der Waals surface area (Å²) in [6, 6.07) is 16.8. The van der Waals surface area contributed by atoms with Gasteiger partial charge in [0.1, 0.15) is 0 Å². The van der Waals surface area contributed by atoms with Crippen molar-refractivity contribution >= 4 is 11.5 Å². The third-order valence-corrected chi connectivity index (χ3v) is 4.61. The summed E-state index contributed by atoms with van der Waals surface area (Å²) in [6.45, 7) is 0. The van der Waals surface area contributed by atoms with E-state index in [1.807, 2.05) is 36.4 Å². The maximum absolute atomic E-state index is 12.7. The lowest BCUT2D eigenvalue weighted by molar-refractivity contribution is 0.106. The second kappa shape index (κ2) is 7.23. The van der Waals surface area contributed by atoms with Crippen molar-refractivity contribution in [3.8, 4) is 0 Å². The lowest BCUT2D eigenvalue weighted by Gasteiger charge is -2.24. The summed E-state index contributed by atoms with van der Waals surface area (Å²) >= 11 is 0. The lowest BCUT2D eigenvalue weighted by Crippen LogP contribution is -2.19. The van der Waals surface area contributed by atoms with E-state index < -0.39 is 0 Å². The van der Waals surface area contributed by atoms with Crippen LogP contribution in [0.4, 0.5) is 0 Å².